The predicted molar refractivity (Wildman–Crippen MR) is 107 cm³/mol. The molecule has 1 aliphatic rings. The van der Waals surface area contributed by atoms with Crippen LogP contribution < -0.4 is 15.4 Å². The van der Waals surface area contributed by atoms with Gasteiger partial charge in [-0.2, -0.15) is 0 Å². The lowest BCUT2D eigenvalue weighted by Crippen LogP contribution is -2.42. The van der Waals surface area contributed by atoms with Crippen molar-refractivity contribution >= 4 is 23.2 Å². The molecule has 144 valence electrons. The Balaban J connectivity index is 2.22. The van der Waals surface area contributed by atoms with Gasteiger partial charge in [0.2, 0.25) is 5.91 Å². The van der Waals surface area contributed by atoms with E-state index in [1.165, 1.54) is 0 Å². The van der Waals surface area contributed by atoms with Crippen LogP contribution in [0.3, 0.4) is 0 Å². The highest BCUT2D eigenvalue weighted by Gasteiger charge is 2.40. The molecule has 0 bridgehead atoms. The number of para-hydroxylation sites is 1. The summed E-state index contributed by atoms with van der Waals surface area (Å²) in [6.45, 7) is 6.36. The molecule has 0 saturated carbocycles. The van der Waals surface area contributed by atoms with Crippen LogP contribution in [0.25, 0.3) is 0 Å². The smallest absolute Gasteiger partial charge is 0.225 e. The van der Waals surface area contributed by atoms with Gasteiger partial charge < -0.3 is 25.0 Å². The van der Waals surface area contributed by atoms with Crippen LogP contribution in [0.15, 0.2) is 24.3 Å². The fourth-order valence-electron chi connectivity index (χ4n) is 3.27. The van der Waals surface area contributed by atoms with Crippen molar-refractivity contribution < 1.29 is 14.3 Å². The molecule has 1 aliphatic heterocycles. The number of ether oxygens (including phenoxy) is 2. The molecule has 0 spiro atoms. The molecule has 1 fully saturated rings. The van der Waals surface area contributed by atoms with Crippen molar-refractivity contribution in [2.45, 2.75) is 25.8 Å². The van der Waals surface area contributed by atoms with E-state index in [1.54, 1.807) is 14.2 Å². The second-order valence-electron chi connectivity index (χ2n) is 6.75. The minimum Gasteiger partial charge on any atom is -0.496 e. The van der Waals surface area contributed by atoms with Crippen molar-refractivity contribution in [2.75, 3.05) is 40.5 Å². The van der Waals surface area contributed by atoms with Crippen LogP contribution in [-0.4, -0.2) is 62.4 Å². The number of rotatable bonds is 7. The summed E-state index contributed by atoms with van der Waals surface area (Å²) in [7, 11) is 3.28. The average molecular weight is 380 g/mol. The van der Waals surface area contributed by atoms with Gasteiger partial charge in [0.05, 0.1) is 19.6 Å². The average Bonchev–Trinajstić information content (AvgIpc) is 3.06. The van der Waals surface area contributed by atoms with Crippen LogP contribution in [0, 0.1) is 5.92 Å². The molecule has 1 saturated heterocycles. The zero-order valence-electron chi connectivity index (χ0n) is 16.0. The highest BCUT2D eigenvalue weighted by Crippen LogP contribution is 2.37. The van der Waals surface area contributed by atoms with Crippen molar-refractivity contribution in [3.05, 3.63) is 29.8 Å². The van der Waals surface area contributed by atoms with Crippen LogP contribution in [0.1, 0.15) is 25.3 Å². The summed E-state index contributed by atoms with van der Waals surface area (Å²) in [5.74, 6) is 0.639. The molecule has 1 aromatic rings. The standard InChI is InChI=1S/C19H29N3O3S/c1-13(2)21-19(26)22-11-15(14-7-5-6-8-17(14)25-4)16(12-22)18(23)20-9-10-24-3/h5-8,13,15-16H,9-12H2,1-4H3,(H,20,23)(H,21,26)/t15-,16+/m1/s1. The molecule has 26 heavy (non-hydrogen) atoms. The maximum Gasteiger partial charge on any atom is 0.225 e. The van der Waals surface area contributed by atoms with E-state index in [2.05, 4.69) is 29.4 Å². The predicted octanol–water partition coefficient (Wildman–Crippen LogP) is 1.76. The number of hydrogen-bond donors (Lipinski definition) is 2. The third-order valence-corrected chi connectivity index (χ3v) is 4.88. The molecule has 6 nitrogen and oxygen atoms in total. The number of hydrogen-bond acceptors (Lipinski definition) is 4. The summed E-state index contributed by atoms with van der Waals surface area (Å²) >= 11 is 5.53. The number of thiocarbonyl (C=S) groups is 1. The van der Waals surface area contributed by atoms with E-state index in [-0.39, 0.29) is 23.8 Å². The fourth-order valence-corrected chi connectivity index (χ4v) is 3.65. The maximum atomic E-state index is 12.8. The molecule has 0 aromatic heterocycles. The second-order valence-corrected chi connectivity index (χ2v) is 7.13. The summed E-state index contributed by atoms with van der Waals surface area (Å²) in [6.07, 6.45) is 0. The van der Waals surface area contributed by atoms with Gasteiger partial charge in [-0.1, -0.05) is 18.2 Å². The largest absolute Gasteiger partial charge is 0.496 e. The summed E-state index contributed by atoms with van der Waals surface area (Å²) in [5, 5.41) is 6.93. The Labute approximate surface area is 161 Å². The number of carbonyl (C=O) groups excluding carboxylic acids is 1. The van der Waals surface area contributed by atoms with Crippen LogP contribution in [0.4, 0.5) is 0 Å². The van der Waals surface area contributed by atoms with E-state index in [1.807, 2.05) is 24.3 Å². The molecule has 2 N–H and O–H groups in total. The van der Waals surface area contributed by atoms with Crippen molar-refractivity contribution in [1.82, 2.24) is 15.5 Å². The first-order valence-electron chi connectivity index (χ1n) is 8.93. The summed E-state index contributed by atoms with van der Waals surface area (Å²) < 4.78 is 10.6. The molecule has 2 atom stereocenters. The second kappa shape index (κ2) is 9.73. The lowest BCUT2D eigenvalue weighted by atomic mass is 9.87. The molecule has 0 radical (unpaired) electrons. The normalized spacial score (nSPS) is 19.5. The minimum atomic E-state index is -0.199. The molecule has 0 aliphatic carbocycles. The van der Waals surface area contributed by atoms with Crippen molar-refractivity contribution in [3.8, 4) is 5.75 Å². The highest BCUT2D eigenvalue weighted by atomic mass is 32.1. The SMILES string of the molecule is COCCNC(=O)[C@H]1CN(C(=S)NC(C)C)C[C@@H]1c1ccccc1OC. The summed E-state index contributed by atoms with van der Waals surface area (Å²) in [5.41, 5.74) is 1.04. The Bertz CT molecular complexity index is 624. The lowest BCUT2D eigenvalue weighted by molar-refractivity contribution is -0.125. The molecular formula is C19H29N3O3S. The fraction of sp³-hybridized carbons (Fsp3) is 0.579. The Morgan fingerprint density at radius 3 is 2.69 bits per heavy atom. The quantitative estimate of drug-likeness (QED) is 0.556. The third-order valence-electron chi connectivity index (χ3n) is 4.50. The van der Waals surface area contributed by atoms with E-state index in [0.717, 1.165) is 11.3 Å². The van der Waals surface area contributed by atoms with Gasteiger partial charge in [0, 0.05) is 38.7 Å². The van der Waals surface area contributed by atoms with Crippen molar-refractivity contribution in [1.29, 1.82) is 0 Å². The number of carbonyl (C=O) groups is 1. The molecule has 7 heteroatoms. The van der Waals surface area contributed by atoms with Crippen LogP contribution >= 0.6 is 12.2 Å². The molecule has 1 heterocycles. The topological polar surface area (TPSA) is 62.8 Å². The van der Waals surface area contributed by atoms with Gasteiger partial charge in [-0.3, -0.25) is 4.79 Å². The molecule has 1 aromatic carbocycles. The number of amides is 1. The van der Waals surface area contributed by atoms with Gasteiger partial charge in [-0.25, -0.2) is 0 Å². The van der Waals surface area contributed by atoms with Crippen LogP contribution in [-0.2, 0) is 9.53 Å². The van der Waals surface area contributed by atoms with E-state index >= 15 is 0 Å². The first kappa shape index (κ1) is 20.5. The Morgan fingerprint density at radius 1 is 1.31 bits per heavy atom. The zero-order chi connectivity index (χ0) is 19.1. The molecule has 1 amide bonds. The van der Waals surface area contributed by atoms with E-state index in [4.69, 9.17) is 21.7 Å². The monoisotopic (exact) mass is 379 g/mol. The van der Waals surface area contributed by atoms with Gasteiger partial charge in [-0.05, 0) is 37.7 Å². The Morgan fingerprint density at radius 2 is 2.04 bits per heavy atom. The van der Waals surface area contributed by atoms with Gasteiger partial charge in [0.25, 0.3) is 0 Å². The number of likely N-dealkylation sites (tertiary alicyclic amines) is 1. The summed E-state index contributed by atoms with van der Waals surface area (Å²) in [6, 6.07) is 8.13. The molecule has 0 unspecified atom stereocenters. The van der Waals surface area contributed by atoms with Gasteiger partial charge in [0.1, 0.15) is 5.75 Å². The van der Waals surface area contributed by atoms with Gasteiger partial charge in [0.15, 0.2) is 5.11 Å². The van der Waals surface area contributed by atoms with E-state index < -0.39 is 0 Å². The van der Waals surface area contributed by atoms with Gasteiger partial charge >= 0.3 is 0 Å². The van der Waals surface area contributed by atoms with Crippen LogP contribution in [0.5, 0.6) is 5.75 Å². The molecular weight excluding hydrogens is 350 g/mol. The zero-order valence-corrected chi connectivity index (χ0v) is 16.8. The molecule has 2 rings (SSSR count). The third kappa shape index (κ3) is 5.08. The first-order valence-corrected chi connectivity index (χ1v) is 9.33. The Hall–Kier alpha value is -1.86. The van der Waals surface area contributed by atoms with Crippen molar-refractivity contribution in [2.24, 2.45) is 5.92 Å². The maximum absolute atomic E-state index is 12.8. The number of benzene rings is 1. The van der Waals surface area contributed by atoms with E-state index in [9.17, 15) is 4.79 Å². The lowest BCUT2D eigenvalue weighted by Gasteiger charge is -2.22. The summed E-state index contributed by atoms with van der Waals surface area (Å²) in [4.78, 5) is 14.9. The number of nitrogens with one attached hydrogen (secondary N) is 2. The van der Waals surface area contributed by atoms with Gasteiger partial charge in [-0.15, -0.1) is 0 Å². The van der Waals surface area contributed by atoms with Crippen molar-refractivity contribution in [3.63, 3.8) is 0 Å². The Kier molecular flexibility index (Phi) is 7.66. The number of nitrogens with zero attached hydrogens (tertiary/aromatic N) is 1. The minimum absolute atomic E-state index is 0.0145. The van der Waals surface area contributed by atoms with E-state index in [0.29, 0.717) is 31.4 Å². The number of methoxy groups -OCH3 is 2. The first-order chi connectivity index (χ1) is 12.5. The van der Waals surface area contributed by atoms with Crippen LogP contribution in [0.2, 0.25) is 0 Å². The highest BCUT2D eigenvalue weighted by molar-refractivity contribution is 7.80.